The number of ether oxygens (including phenoxy) is 1. The number of carbonyl (C=O) groups is 1. The number of hydrogen-bond donors (Lipinski definition) is 0. The molecular formula is C26H24N2O3. The largest absolute Gasteiger partial charge is 0.497 e. The molecule has 0 spiro atoms. The minimum Gasteiger partial charge on any atom is -0.497 e. The molecule has 1 aliphatic rings. The molecule has 0 saturated carbocycles. The Balaban J connectivity index is 1.37. The van der Waals surface area contributed by atoms with Gasteiger partial charge in [-0.15, -0.1) is 0 Å². The average Bonchev–Trinajstić information content (AvgIpc) is 3.46. The third kappa shape index (κ3) is 3.91. The lowest BCUT2D eigenvalue weighted by atomic mass is 10.1. The van der Waals surface area contributed by atoms with Crippen molar-refractivity contribution >= 4 is 17.0 Å². The third-order valence-corrected chi connectivity index (χ3v) is 5.88. The van der Waals surface area contributed by atoms with E-state index in [1.54, 1.807) is 7.11 Å². The van der Waals surface area contributed by atoms with E-state index in [4.69, 9.17) is 14.1 Å². The molecule has 1 aromatic heterocycles. The minimum atomic E-state index is -0.113. The Kier molecular flexibility index (Phi) is 5.16. The lowest BCUT2D eigenvalue weighted by Crippen LogP contribution is -2.32. The molecule has 31 heavy (non-hydrogen) atoms. The molecule has 1 fully saturated rings. The number of aromatic nitrogens is 1. The lowest BCUT2D eigenvalue weighted by molar-refractivity contribution is -0.131. The zero-order chi connectivity index (χ0) is 21.2. The van der Waals surface area contributed by atoms with Crippen LogP contribution in [0.1, 0.15) is 30.3 Å². The molecule has 3 aromatic carbocycles. The molecule has 5 nitrogen and oxygen atoms in total. The summed E-state index contributed by atoms with van der Waals surface area (Å²) in [5.74, 6) is 1.51. The van der Waals surface area contributed by atoms with Crippen LogP contribution in [0.15, 0.2) is 77.2 Å². The van der Waals surface area contributed by atoms with Gasteiger partial charge in [-0.1, -0.05) is 48.5 Å². The van der Waals surface area contributed by atoms with E-state index in [9.17, 15) is 4.79 Å². The predicted molar refractivity (Wildman–Crippen MR) is 120 cm³/mol. The van der Waals surface area contributed by atoms with Gasteiger partial charge in [0, 0.05) is 6.54 Å². The smallest absolute Gasteiger partial charge is 0.227 e. The summed E-state index contributed by atoms with van der Waals surface area (Å²) in [5.41, 5.74) is 4.80. The molecule has 0 N–H and O–H groups in total. The molecule has 1 unspecified atom stereocenters. The standard InChI is InChI=1S/C26H24N2O3/c1-30-21-12-9-18(10-13-21)16-25(29)28-15-5-8-23(28)26-27-22-17-20(11-14-24(22)31-26)19-6-3-2-4-7-19/h2-4,6-7,9-14,17,23H,5,8,15-16H2,1H3. The third-order valence-electron chi connectivity index (χ3n) is 5.88. The van der Waals surface area contributed by atoms with E-state index in [2.05, 4.69) is 18.2 Å². The highest BCUT2D eigenvalue weighted by Crippen LogP contribution is 2.34. The van der Waals surface area contributed by atoms with Gasteiger partial charge in [0.05, 0.1) is 13.5 Å². The zero-order valence-electron chi connectivity index (χ0n) is 17.5. The first kappa shape index (κ1) is 19.4. The van der Waals surface area contributed by atoms with E-state index >= 15 is 0 Å². The molecule has 1 atom stereocenters. The number of carbonyl (C=O) groups excluding carboxylic acids is 1. The molecule has 5 rings (SSSR count). The van der Waals surface area contributed by atoms with Crippen LogP contribution in [-0.2, 0) is 11.2 Å². The second-order valence-electron chi connectivity index (χ2n) is 7.87. The fraction of sp³-hybridized carbons (Fsp3) is 0.231. The summed E-state index contributed by atoms with van der Waals surface area (Å²) in [7, 11) is 1.64. The molecule has 0 bridgehead atoms. The van der Waals surface area contributed by atoms with Gasteiger partial charge in [0.15, 0.2) is 5.58 Å². The van der Waals surface area contributed by atoms with E-state index in [1.807, 2.05) is 59.5 Å². The first-order valence-electron chi connectivity index (χ1n) is 10.6. The van der Waals surface area contributed by atoms with Crippen molar-refractivity contribution in [2.45, 2.75) is 25.3 Å². The summed E-state index contributed by atoms with van der Waals surface area (Å²) >= 11 is 0. The SMILES string of the molecule is COc1ccc(CC(=O)N2CCCC2c2nc3cc(-c4ccccc4)ccc3o2)cc1. The summed E-state index contributed by atoms with van der Waals surface area (Å²) in [6.07, 6.45) is 2.18. The number of amides is 1. The van der Waals surface area contributed by atoms with Crippen molar-refractivity contribution in [3.8, 4) is 16.9 Å². The molecule has 1 saturated heterocycles. The number of nitrogens with zero attached hydrogens (tertiary/aromatic N) is 2. The van der Waals surface area contributed by atoms with Crippen LogP contribution in [0.2, 0.25) is 0 Å². The fourth-order valence-corrected chi connectivity index (χ4v) is 4.24. The van der Waals surface area contributed by atoms with Gasteiger partial charge in [-0.05, 0) is 53.8 Å². The Morgan fingerprint density at radius 1 is 1.06 bits per heavy atom. The van der Waals surface area contributed by atoms with Crippen LogP contribution < -0.4 is 4.74 Å². The number of oxazole rings is 1. The second-order valence-corrected chi connectivity index (χ2v) is 7.87. The Labute approximate surface area is 181 Å². The van der Waals surface area contributed by atoms with Crippen LogP contribution in [-0.4, -0.2) is 29.4 Å². The molecule has 1 amide bonds. The average molecular weight is 412 g/mol. The predicted octanol–water partition coefficient (Wildman–Crippen LogP) is 5.41. The topological polar surface area (TPSA) is 55.6 Å². The number of fused-ring (bicyclic) bond motifs is 1. The number of rotatable bonds is 5. The number of methoxy groups -OCH3 is 1. The normalized spacial score (nSPS) is 16.0. The molecule has 0 radical (unpaired) electrons. The van der Waals surface area contributed by atoms with Crippen molar-refractivity contribution in [1.29, 1.82) is 0 Å². The molecule has 156 valence electrons. The molecule has 0 aliphatic carbocycles. The van der Waals surface area contributed by atoms with Gasteiger partial charge in [-0.2, -0.15) is 0 Å². The van der Waals surface area contributed by atoms with Crippen LogP contribution in [0.25, 0.3) is 22.2 Å². The van der Waals surface area contributed by atoms with Gasteiger partial charge in [0.1, 0.15) is 17.3 Å². The zero-order valence-corrected chi connectivity index (χ0v) is 17.5. The van der Waals surface area contributed by atoms with Crippen LogP contribution in [0.3, 0.4) is 0 Å². The van der Waals surface area contributed by atoms with Crippen LogP contribution in [0.5, 0.6) is 5.75 Å². The molecule has 1 aliphatic heterocycles. The van der Waals surface area contributed by atoms with Crippen molar-refractivity contribution in [3.05, 3.63) is 84.3 Å². The summed E-state index contributed by atoms with van der Waals surface area (Å²) in [5, 5.41) is 0. The molecule has 4 aromatic rings. The van der Waals surface area contributed by atoms with Gasteiger partial charge in [0.25, 0.3) is 0 Å². The maximum absolute atomic E-state index is 13.0. The molecular weight excluding hydrogens is 388 g/mol. The van der Waals surface area contributed by atoms with E-state index in [0.717, 1.165) is 52.9 Å². The Morgan fingerprint density at radius 2 is 1.87 bits per heavy atom. The number of hydrogen-bond acceptors (Lipinski definition) is 4. The van der Waals surface area contributed by atoms with Gasteiger partial charge in [-0.25, -0.2) is 4.98 Å². The van der Waals surface area contributed by atoms with E-state index in [-0.39, 0.29) is 11.9 Å². The highest BCUT2D eigenvalue weighted by Gasteiger charge is 2.33. The monoisotopic (exact) mass is 412 g/mol. The summed E-state index contributed by atoms with van der Waals surface area (Å²) in [6.45, 7) is 0.730. The van der Waals surface area contributed by atoms with Crippen LogP contribution in [0.4, 0.5) is 0 Å². The van der Waals surface area contributed by atoms with E-state index < -0.39 is 0 Å². The first-order chi connectivity index (χ1) is 15.2. The summed E-state index contributed by atoms with van der Waals surface area (Å²) in [6, 6.07) is 23.8. The Bertz CT molecular complexity index is 1200. The van der Waals surface area contributed by atoms with Crippen LogP contribution in [0, 0.1) is 0 Å². The second kappa shape index (κ2) is 8.26. The van der Waals surface area contributed by atoms with Gasteiger partial charge in [0.2, 0.25) is 11.8 Å². The van der Waals surface area contributed by atoms with Gasteiger partial charge in [-0.3, -0.25) is 4.79 Å². The fourth-order valence-electron chi connectivity index (χ4n) is 4.24. The maximum atomic E-state index is 13.0. The minimum absolute atomic E-state index is 0.0971. The highest BCUT2D eigenvalue weighted by atomic mass is 16.5. The van der Waals surface area contributed by atoms with E-state index in [1.165, 1.54) is 0 Å². The van der Waals surface area contributed by atoms with Crippen molar-refractivity contribution in [3.63, 3.8) is 0 Å². The number of likely N-dealkylation sites (tertiary alicyclic amines) is 1. The van der Waals surface area contributed by atoms with Crippen molar-refractivity contribution < 1.29 is 13.9 Å². The highest BCUT2D eigenvalue weighted by molar-refractivity contribution is 5.81. The number of benzene rings is 3. The maximum Gasteiger partial charge on any atom is 0.227 e. The quantitative estimate of drug-likeness (QED) is 0.440. The lowest BCUT2D eigenvalue weighted by Gasteiger charge is -2.22. The first-order valence-corrected chi connectivity index (χ1v) is 10.6. The Morgan fingerprint density at radius 3 is 2.65 bits per heavy atom. The summed E-state index contributed by atoms with van der Waals surface area (Å²) < 4.78 is 11.3. The molecule has 2 heterocycles. The van der Waals surface area contributed by atoms with E-state index in [0.29, 0.717) is 12.3 Å². The van der Waals surface area contributed by atoms with Crippen LogP contribution >= 0.6 is 0 Å². The van der Waals surface area contributed by atoms with Crippen molar-refractivity contribution in [2.75, 3.05) is 13.7 Å². The van der Waals surface area contributed by atoms with Gasteiger partial charge >= 0.3 is 0 Å². The Hall–Kier alpha value is -3.60. The molecule has 5 heteroatoms. The summed E-state index contributed by atoms with van der Waals surface area (Å²) in [4.78, 5) is 19.7. The van der Waals surface area contributed by atoms with Crippen molar-refractivity contribution in [1.82, 2.24) is 9.88 Å². The van der Waals surface area contributed by atoms with Gasteiger partial charge < -0.3 is 14.1 Å². The van der Waals surface area contributed by atoms with Crippen molar-refractivity contribution in [2.24, 2.45) is 0 Å².